The van der Waals surface area contributed by atoms with Gasteiger partial charge < -0.3 is 15.7 Å². The SMILES string of the molecule is Oc1ccc2ccccc2c1C(NC(=S)Nc1ccc(Br)cc1)c1ccc(Cl)cc1. The smallest absolute Gasteiger partial charge is 0.171 e. The maximum Gasteiger partial charge on any atom is 0.171 e. The van der Waals surface area contributed by atoms with Crippen molar-refractivity contribution >= 4 is 61.3 Å². The van der Waals surface area contributed by atoms with E-state index in [9.17, 15) is 5.11 Å². The van der Waals surface area contributed by atoms with Crippen molar-refractivity contribution in [3.8, 4) is 5.75 Å². The number of hydrogen-bond acceptors (Lipinski definition) is 2. The molecule has 30 heavy (non-hydrogen) atoms. The molecule has 4 rings (SSSR count). The van der Waals surface area contributed by atoms with Gasteiger partial charge in [0.1, 0.15) is 5.75 Å². The van der Waals surface area contributed by atoms with Crippen molar-refractivity contribution in [3.63, 3.8) is 0 Å². The maximum absolute atomic E-state index is 10.8. The Bertz CT molecular complexity index is 1200. The molecule has 0 aliphatic rings. The topological polar surface area (TPSA) is 44.3 Å². The second-order valence-corrected chi connectivity index (χ2v) is 8.57. The molecule has 0 heterocycles. The van der Waals surface area contributed by atoms with E-state index in [2.05, 4.69) is 26.6 Å². The number of phenolic OH excluding ortho intramolecular Hbond substituents is 1. The number of thiocarbonyl (C=S) groups is 1. The molecule has 0 fully saturated rings. The van der Waals surface area contributed by atoms with Crippen molar-refractivity contribution < 1.29 is 5.11 Å². The molecule has 1 atom stereocenters. The monoisotopic (exact) mass is 496 g/mol. The highest BCUT2D eigenvalue weighted by Gasteiger charge is 2.21. The van der Waals surface area contributed by atoms with E-state index in [0.29, 0.717) is 10.1 Å². The first-order chi connectivity index (χ1) is 14.5. The van der Waals surface area contributed by atoms with Gasteiger partial charge in [0, 0.05) is 20.7 Å². The Balaban J connectivity index is 1.74. The zero-order valence-corrected chi connectivity index (χ0v) is 18.9. The molecule has 0 aliphatic carbocycles. The molecule has 0 saturated carbocycles. The molecule has 4 aromatic carbocycles. The van der Waals surface area contributed by atoms with E-state index in [1.54, 1.807) is 6.07 Å². The lowest BCUT2D eigenvalue weighted by atomic mass is 9.93. The standard InChI is InChI=1S/C24H18BrClN2OS/c25-17-8-12-19(13-9-17)27-24(30)28-23(16-5-10-18(26)11-6-16)22-20-4-2-1-3-15(20)7-14-21(22)29/h1-14,23,29H,(H2,27,28,30). The molecule has 1 unspecified atom stereocenters. The van der Waals surface area contributed by atoms with Gasteiger partial charge in [-0.15, -0.1) is 0 Å². The van der Waals surface area contributed by atoms with Gasteiger partial charge in [-0.2, -0.15) is 0 Å². The minimum Gasteiger partial charge on any atom is -0.508 e. The third kappa shape index (κ3) is 4.59. The summed E-state index contributed by atoms with van der Waals surface area (Å²) in [6, 6.07) is 26.5. The van der Waals surface area contributed by atoms with Crippen LogP contribution in [-0.2, 0) is 0 Å². The van der Waals surface area contributed by atoms with Crippen LogP contribution in [0.15, 0.2) is 89.4 Å². The Morgan fingerprint density at radius 2 is 1.60 bits per heavy atom. The molecule has 3 N–H and O–H groups in total. The van der Waals surface area contributed by atoms with Gasteiger partial charge in [-0.25, -0.2) is 0 Å². The molecule has 6 heteroatoms. The van der Waals surface area contributed by atoms with Crippen molar-refractivity contribution in [1.29, 1.82) is 0 Å². The summed E-state index contributed by atoms with van der Waals surface area (Å²) in [7, 11) is 0. The Morgan fingerprint density at radius 1 is 0.900 bits per heavy atom. The van der Waals surface area contributed by atoms with Gasteiger partial charge >= 0.3 is 0 Å². The number of rotatable bonds is 4. The third-order valence-electron chi connectivity index (χ3n) is 4.82. The predicted molar refractivity (Wildman–Crippen MR) is 132 cm³/mol. The summed E-state index contributed by atoms with van der Waals surface area (Å²) in [6.45, 7) is 0. The lowest BCUT2D eigenvalue weighted by Crippen LogP contribution is -2.33. The highest BCUT2D eigenvalue weighted by Crippen LogP contribution is 2.36. The summed E-state index contributed by atoms with van der Waals surface area (Å²) in [6.07, 6.45) is 0. The number of halogens is 2. The molecule has 150 valence electrons. The lowest BCUT2D eigenvalue weighted by Gasteiger charge is -2.24. The quantitative estimate of drug-likeness (QED) is 0.265. The number of benzene rings is 4. The molecule has 0 aliphatic heterocycles. The van der Waals surface area contributed by atoms with Crippen LogP contribution in [0.1, 0.15) is 17.2 Å². The Labute approximate surface area is 193 Å². The van der Waals surface area contributed by atoms with Gasteiger partial charge in [0.05, 0.1) is 6.04 Å². The van der Waals surface area contributed by atoms with Gasteiger partial charge in [0.2, 0.25) is 0 Å². The van der Waals surface area contributed by atoms with Crippen LogP contribution < -0.4 is 10.6 Å². The molecule has 0 radical (unpaired) electrons. The van der Waals surface area contributed by atoms with E-state index in [1.165, 1.54) is 0 Å². The molecule has 3 nitrogen and oxygen atoms in total. The molecule has 4 aromatic rings. The average molecular weight is 498 g/mol. The fourth-order valence-electron chi connectivity index (χ4n) is 3.40. The maximum atomic E-state index is 10.8. The van der Waals surface area contributed by atoms with Crippen LogP contribution in [0.4, 0.5) is 5.69 Å². The summed E-state index contributed by atoms with van der Waals surface area (Å²) < 4.78 is 0.992. The van der Waals surface area contributed by atoms with E-state index in [1.807, 2.05) is 78.9 Å². The fourth-order valence-corrected chi connectivity index (χ4v) is 4.02. The number of aromatic hydroxyl groups is 1. The summed E-state index contributed by atoms with van der Waals surface area (Å²) in [5.41, 5.74) is 2.56. The Kier molecular flexibility index (Phi) is 6.23. The Morgan fingerprint density at radius 3 is 2.33 bits per heavy atom. The summed E-state index contributed by atoms with van der Waals surface area (Å²) in [4.78, 5) is 0. The first-order valence-corrected chi connectivity index (χ1v) is 10.9. The molecular weight excluding hydrogens is 480 g/mol. The third-order valence-corrected chi connectivity index (χ3v) is 5.82. The van der Waals surface area contributed by atoms with Gasteiger partial charge in [0.25, 0.3) is 0 Å². The van der Waals surface area contributed by atoms with Crippen LogP contribution in [-0.4, -0.2) is 10.2 Å². The molecule has 0 bridgehead atoms. The summed E-state index contributed by atoms with van der Waals surface area (Å²) >= 11 is 15.1. The zero-order valence-electron chi connectivity index (χ0n) is 15.8. The molecule has 0 aromatic heterocycles. The first-order valence-electron chi connectivity index (χ1n) is 9.30. The molecule has 0 saturated heterocycles. The minimum absolute atomic E-state index is 0.201. The summed E-state index contributed by atoms with van der Waals surface area (Å²) in [5.74, 6) is 0.201. The minimum atomic E-state index is -0.371. The second kappa shape index (κ2) is 9.04. The van der Waals surface area contributed by atoms with Crippen molar-refractivity contribution in [2.75, 3.05) is 5.32 Å². The van der Waals surface area contributed by atoms with Crippen LogP contribution in [0.5, 0.6) is 5.75 Å². The van der Waals surface area contributed by atoms with Crippen molar-refractivity contribution in [2.24, 2.45) is 0 Å². The Hall–Kier alpha value is -2.60. The largest absolute Gasteiger partial charge is 0.508 e. The van der Waals surface area contributed by atoms with E-state index >= 15 is 0 Å². The fraction of sp³-hybridized carbons (Fsp3) is 0.0417. The lowest BCUT2D eigenvalue weighted by molar-refractivity contribution is 0.464. The van der Waals surface area contributed by atoms with Crippen LogP contribution in [0.3, 0.4) is 0 Å². The normalized spacial score (nSPS) is 11.8. The van der Waals surface area contributed by atoms with E-state index in [4.69, 9.17) is 23.8 Å². The molecule has 0 spiro atoms. The van der Waals surface area contributed by atoms with Crippen molar-refractivity contribution in [1.82, 2.24) is 5.32 Å². The second-order valence-electron chi connectivity index (χ2n) is 6.81. The van der Waals surface area contributed by atoms with Gasteiger partial charge in [-0.3, -0.25) is 0 Å². The zero-order chi connectivity index (χ0) is 21.1. The number of fused-ring (bicyclic) bond motifs is 1. The number of hydrogen-bond donors (Lipinski definition) is 3. The van der Waals surface area contributed by atoms with Gasteiger partial charge in [-0.05, 0) is 71.0 Å². The highest BCUT2D eigenvalue weighted by atomic mass is 79.9. The van der Waals surface area contributed by atoms with Crippen molar-refractivity contribution in [3.05, 3.63) is 106 Å². The average Bonchev–Trinajstić information content (AvgIpc) is 2.75. The number of anilines is 1. The van der Waals surface area contributed by atoms with E-state index < -0.39 is 0 Å². The molecular formula is C24H18BrClN2OS. The van der Waals surface area contributed by atoms with Crippen LogP contribution in [0, 0.1) is 0 Å². The number of nitrogens with one attached hydrogen (secondary N) is 2. The van der Waals surface area contributed by atoms with Crippen LogP contribution in [0.25, 0.3) is 10.8 Å². The van der Waals surface area contributed by atoms with Crippen molar-refractivity contribution in [2.45, 2.75) is 6.04 Å². The molecule has 0 amide bonds. The van der Waals surface area contributed by atoms with E-state index in [-0.39, 0.29) is 11.8 Å². The van der Waals surface area contributed by atoms with Crippen LogP contribution >= 0.6 is 39.7 Å². The van der Waals surface area contributed by atoms with Gasteiger partial charge in [-0.1, -0.05) is 70.0 Å². The van der Waals surface area contributed by atoms with E-state index in [0.717, 1.165) is 32.1 Å². The summed E-state index contributed by atoms with van der Waals surface area (Å²) in [5, 5.41) is 20.5. The highest BCUT2D eigenvalue weighted by molar-refractivity contribution is 9.10. The first kappa shape index (κ1) is 20.7. The predicted octanol–water partition coefficient (Wildman–Crippen LogP) is 7.04. The van der Waals surface area contributed by atoms with Gasteiger partial charge in [0.15, 0.2) is 5.11 Å². The number of phenols is 1. The van der Waals surface area contributed by atoms with Crippen LogP contribution in [0.2, 0.25) is 5.02 Å².